The molecule has 7 nitrogen and oxygen atoms in total. The number of rotatable bonds is 4. The Bertz CT molecular complexity index is 830. The van der Waals surface area contributed by atoms with Crippen LogP contribution >= 0.6 is 0 Å². The standard InChI is InChI=1S/C17H20N4O3S/c1-13-2-4-15(5-3-13)25(23,24)20-14-6-10-21(11-7-14)17(22)16-12-18-8-9-19-16/h2-5,8-9,12,14,20H,6-7,10-11H2,1H3. The molecule has 0 spiro atoms. The Morgan fingerprint density at radius 1 is 1.16 bits per heavy atom. The number of hydrogen-bond donors (Lipinski definition) is 1. The first-order valence-electron chi connectivity index (χ1n) is 8.10. The molecule has 0 atom stereocenters. The van der Waals surface area contributed by atoms with Gasteiger partial charge < -0.3 is 4.90 Å². The average molecular weight is 360 g/mol. The van der Waals surface area contributed by atoms with Crippen molar-refractivity contribution in [3.05, 3.63) is 54.1 Å². The van der Waals surface area contributed by atoms with Gasteiger partial charge in [-0.3, -0.25) is 9.78 Å². The van der Waals surface area contributed by atoms with Crippen molar-refractivity contribution in [2.75, 3.05) is 13.1 Å². The summed E-state index contributed by atoms with van der Waals surface area (Å²) in [6.07, 6.45) is 5.57. The Morgan fingerprint density at radius 2 is 1.84 bits per heavy atom. The van der Waals surface area contributed by atoms with E-state index < -0.39 is 10.0 Å². The van der Waals surface area contributed by atoms with Crippen LogP contribution in [0.2, 0.25) is 0 Å². The van der Waals surface area contributed by atoms with Crippen LogP contribution in [0.25, 0.3) is 0 Å². The summed E-state index contributed by atoms with van der Waals surface area (Å²) >= 11 is 0. The highest BCUT2D eigenvalue weighted by molar-refractivity contribution is 7.89. The third kappa shape index (κ3) is 4.21. The molecule has 0 radical (unpaired) electrons. The van der Waals surface area contributed by atoms with Crippen LogP contribution in [0.5, 0.6) is 0 Å². The van der Waals surface area contributed by atoms with Crippen molar-refractivity contribution in [2.45, 2.75) is 30.7 Å². The predicted molar refractivity (Wildman–Crippen MR) is 92.5 cm³/mol. The molecule has 1 saturated heterocycles. The molecule has 1 N–H and O–H groups in total. The van der Waals surface area contributed by atoms with E-state index in [0.29, 0.717) is 31.6 Å². The van der Waals surface area contributed by atoms with Gasteiger partial charge in [-0.15, -0.1) is 0 Å². The number of carbonyl (C=O) groups excluding carboxylic acids is 1. The monoisotopic (exact) mass is 360 g/mol. The van der Waals surface area contributed by atoms with Gasteiger partial charge in [-0.05, 0) is 31.9 Å². The molecule has 2 heterocycles. The largest absolute Gasteiger partial charge is 0.337 e. The van der Waals surface area contributed by atoms with Gasteiger partial charge in [0.05, 0.1) is 11.1 Å². The molecule has 1 aliphatic rings. The molecule has 0 aliphatic carbocycles. The van der Waals surface area contributed by atoms with E-state index in [4.69, 9.17) is 0 Å². The van der Waals surface area contributed by atoms with Crippen molar-refractivity contribution in [2.24, 2.45) is 0 Å². The molecule has 0 bridgehead atoms. The summed E-state index contributed by atoms with van der Waals surface area (Å²) < 4.78 is 27.6. The van der Waals surface area contributed by atoms with Gasteiger partial charge in [0.15, 0.2) is 0 Å². The number of benzene rings is 1. The quantitative estimate of drug-likeness (QED) is 0.889. The van der Waals surface area contributed by atoms with Crippen LogP contribution in [0.1, 0.15) is 28.9 Å². The zero-order chi connectivity index (χ0) is 17.9. The van der Waals surface area contributed by atoms with Gasteiger partial charge in [-0.2, -0.15) is 0 Å². The first-order chi connectivity index (χ1) is 12.0. The molecular formula is C17H20N4O3S. The molecule has 0 unspecified atom stereocenters. The topological polar surface area (TPSA) is 92.3 Å². The highest BCUT2D eigenvalue weighted by atomic mass is 32.2. The van der Waals surface area contributed by atoms with Crippen LogP contribution in [0.4, 0.5) is 0 Å². The Hall–Kier alpha value is -2.32. The Kier molecular flexibility index (Phi) is 5.10. The fourth-order valence-electron chi connectivity index (χ4n) is 2.78. The smallest absolute Gasteiger partial charge is 0.274 e. The number of aryl methyl sites for hydroxylation is 1. The molecule has 0 saturated carbocycles. The van der Waals surface area contributed by atoms with Gasteiger partial charge in [-0.1, -0.05) is 17.7 Å². The van der Waals surface area contributed by atoms with Crippen molar-refractivity contribution in [3.8, 4) is 0 Å². The minimum Gasteiger partial charge on any atom is -0.337 e. The molecule has 1 aliphatic heterocycles. The van der Waals surface area contributed by atoms with Crippen molar-refractivity contribution < 1.29 is 13.2 Å². The van der Waals surface area contributed by atoms with Crippen molar-refractivity contribution in [1.82, 2.24) is 19.6 Å². The summed E-state index contributed by atoms with van der Waals surface area (Å²) in [7, 11) is -3.54. The van der Waals surface area contributed by atoms with Crippen molar-refractivity contribution in [3.63, 3.8) is 0 Å². The van der Waals surface area contributed by atoms with Crippen molar-refractivity contribution >= 4 is 15.9 Å². The van der Waals surface area contributed by atoms with Crippen LogP contribution < -0.4 is 4.72 Å². The third-order valence-electron chi connectivity index (χ3n) is 4.22. The van der Waals surface area contributed by atoms with Crippen LogP contribution in [0.3, 0.4) is 0 Å². The SMILES string of the molecule is Cc1ccc(S(=O)(=O)NC2CCN(C(=O)c3cnccn3)CC2)cc1. The number of carbonyl (C=O) groups is 1. The Balaban J connectivity index is 1.59. The van der Waals surface area contributed by atoms with Crippen LogP contribution in [0.15, 0.2) is 47.8 Å². The second-order valence-electron chi connectivity index (χ2n) is 6.09. The second kappa shape index (κ2) is 7.28. The van der Waals surface area contributed by atoms with Gasteiger partial charge in [0.1, 0.15) is 5.69 Å². The van der Waals surface area contributed by atoms with Gasteiger partial charge in [0, 0.05) is 31.5 Å². The lowest BCUT2D eigenvalue weighted by atomic mass is 10.1. The zero-order valence-electron chi connectivity index (χ0n) is 13.9. The number of hydrogen-bond acceptors (Lipinski definition) is 5. The molecule has 1 fully saturated rings. The summed E-state index contributed by atoms with van der Waals surface area (Å²) in [6, 6.07) is 6.57. The Labute approximate surface area is 147 Å². The number of aromatic nitrogens is 2. The van der Waals surface area contributed by atoms with E-state index in [0.717, 1.165) is 5.56 Å². The summed E-state index contributed by atoms with van der Waals surface area (Å²) in [5, 5.41) is 0. The highest BCUT2D eigenvalue weighted by Crippen LogP contribution is 2.16. The van der Waals surface area contributed by atoms with E-state index in [1.54, 1.807) is 29.2 Å². The average Bonchev–Trinajstić information content (AvgIpc) is 2.62. The molecule has 25 heavy (non-hydrogen) atoms. The molecule has 1 aromatic heterocycles. The number of nitrogens with zero attached hydrogens (tertiary/aromatic N) is 3. The molecule has 3 rings (SSSR count). The zero-order valence-corrected chi connectivity index (χ0v) is 14.7. The number of amides is 1. The minimum atomic E-state index is -3.54. The lowest BCUT2D eigenvalue weighted by molar-refractivity contribution is 0.0705. The van der Waals surface area contributed by atoms with Crippen LogP contribution in [-0.2, 0) is 10.0 Å². The molecule has 132 valence electrons. The summed E-state index contributed by atoms with van der Waals surface area (Å²) in [5.41, 5.74) is 1.32. The van der Waals surface area contributed by atoms with Crippen molar-refractivity contribution in [1.29, 1.82) is 0 Å². The molecule has 2 aromatic rings. The summed E-state index contributed by atoms with van der Waals surface area (Å²) in [6.45, 7) is 2.88. The summed E-state index contributed by atoms with van der Waals surface area (Å²) in [4.78, 5) is 22.2. The van der Waals surface area contributed by atoms with E-state index in [9.17, 15) is 13.2 Å². The second-order valence-corrected chi connectivity index (χ2v) is 7.81. The summed E-state index contributed by atoms with van der Waals surface area (Å²) in [5.74, 6) is -0.173. The number of likely N-dealkylation sites (tertiary alicyclic amines) is 1. The Morgan fingerprint density at radius 3 is 2.44 bits per heavy atom. The van der Waals surface area contributed by atoms with Crippen LogP contribution in [-0.4, -0.2) is 48.3 Å². The first kappa shape index (κ1) is 17.5. The van der Waals surface area contributed by atoms with Gasteiger partial charge in [0.25, 0.3) is 5.91 Å². The number of piperidine rings is 1. The normalized spacial score (nSPS) is 16.0. The molecule has 1 amide bonds. The molecular weight excluding hydrogens is 340 g/mol. The third-order valence-corrected chi connectivity index (χ3v) is 5.75. The first-order valence-corrected chi connectivity index (χ1v) is 9.58. The maximum absolute atomic E-state index is 12.4. The number of nitrogens with one attached hydrogen (secondary N) is 1. The molecule has 1 aromatic carbocycles. The fraction of sp³-hybridized carbons (Fsp3) is 0.353. The van der Waals surface area contributed by atoms with Gasteiger partial charge in [-0.25, -0.2) is 18.1 Å². The molecule has 8 heteroatoms. The van der Waals surface area contributed by atoms with E-state index in [1.807, 2.05) is 6.92 Å². The fourth-order valence-corrected chi connectivity index (χ4v) is 4.08. The lowest BCUT2D eigenvalue weighted by Gasteiger charge is -2.32. The highest BCUT2D eigenvalue weighted by Gasteiger charge is 2.27. The number of sulfonamides is 1. The maximum Gasteiger partial charge on any atom is 0.274 e. The van der Waals surface area contributed by atoms with E-state index in [2.05, 4.69) is 14.7 Å². The van der Waals surface area contributed by atoms with Gasteiger partial charge in [0.2, 0.25) is 10.0 Å². The van der Waals surface area contributed by atoms with E-state index in [-0.39, 0.29) is 16.8 Å². The lowest BCUT2D eigenvalue weighted by Crippen LogP contribution is -2.46. The predicted octanol–water partition coefficient (Wildman–Crippen LogP) is 1.37. The minimum absolute atomic E-state index is 0.173. The van der Waals surface area contributed by atoms with Crippen LogP contribution in [0, 0.1) is 6.92 Å². The van der Waals surface area contributed by atoms with E-state index >= 15 is 0 Å². The maximum atomic E-state index is 12.4. The van der Waals surface area contributed by atoms with E-state index in [1.165, 1.54) is 18.6 Å². The van der Waals surface area contributed by atoms with Gasteiger partial charge >= 0.3 is 0 Å².